The van der Waals surface area contributed by atoms with Gasteiger partial charge in [-0.15, -0.1) is 11.3 Å². The van der Waals surface area contributed by atoms with Gasteiger partial charge in [0.05, 0.1) is 11.4 Å². The van der Waals surface area contributed by atoms with Gasteiger partial charge in [0.25, 0.3) is 0 Å². The van der Waals surface area contributed by atoms with Crippen molar-refractivity contribution in [1.29, 1.82) is 0 Å². The minimum absolute atomic E-state index is 0.374. The summed E-state index contributed by atoms with van der Waals surface area (Å²) < 4.78 is 0.897. The van der Waals surface area contributed by atoms with Gasteiger partial charge in [0.1, 0.15) is 4.99 Å². The Morgan fingerprint density at radius 2 is 2.26 bits per heavy atom. The van der Waals surface area contributed by atoms with Crippen molar-refractivity contribution in [3.05, 3.63) is 38.8 Å². The molecule has 2 aromatic rings. The van der Waals surface area contributed by atoms with E-state index in [1.165, 1.54) is 17.0 Å². The Hall–Kier alpha value is -0.980. The van der Waals surface area contributed by atoms with Crippen LogP contribution < -0.4 is 11.1 Å². The molecule has 0 saturated carbocycles. The Morgan fingerprint density at radius 3 is 3.00 bits per heavy atom. The van der Waals surface area contributed by atoms with Crippen molar-refractivity contribution in [3.8, 4) is 0 Å². The number of aryl methyl sites for hydroxylation is 2. The second-order valence-electron chi connectivity index (χ2n) is 4.39. The molecule has 0 radical (unpaired) electrons. The maximum Gasteiger partial charge on any atom is 0.187 e. The van der Waals surface area contributed by atoms with E-state index in [0.29, 0.717) is 4.99 Å². The molecule has 19 heavy (non-hydrogen) atoms. The fourth-order valence-electron chi connectivity index (χ4n) is 2.24. The average molecular weight is 354 g/mol. The summed E-state index contributed by atoms with van der Waals surface area (Å²) in [6, 6.07) is 5.85. The third kappa shape index (κ3) is 2.52. The molecule has 0 saturated heterocycles. The standard InChI is InChI=1S/C13H12BrN3S2/c14-7-3-1-5-9(11(7)12(15)18)17-13-16-8-4-2-6-10(8)19-13/h1,3,5H,2,4,6H2,(H2,15,18)(H,16,17). The van der Waals surface area contributed by atoms with Crippen molar-refractivity contribution in [2.24, 2.45) is 5.73 Å². The second-order valence-corrected chi connectivity index (χ2v) is 6.77. The van der Waals surface area contributed by atoms with Gasteiger partial charge in [0, 0.05) is 14.9 Å². The Morgan fingerprint density at radius 1 is 1.42 bits per heavy atom. The van der Waals surface area contributed by atoms with Crippen LogP contribution in [0.1, 0.15) is 22.6 Å². The van der Waals surface area contributed by atoms with Gasteiger partial charge in [-0.2, -0.15) is 0 Å². The highest BCUT2D eigenvalue weighted by atomic mass is 79.9. The van der Waals surface area contributed by atoms with Crippen LogP contribution in [0.3, 0.4) is 0 Å². The van der Waals surface area contributed by atoms with Crippen molar-refractivity contribution < 1.29 is 0 Å². The summed E-state index contributed by atoms with van der Waals surface area (Å²) in [4.78, 5) is 6.40. The fourth-order valence-corrected chi connectivity index (χ4v) is 4.23. The molecular formula is C13H12BrN3S2. The van der Waals surface area contributed by atoms with Gasteiger partial charge in [0.2, 0.25) is 0 Å². The van der Waals surface area contributed by atoms with E-state index in [-0.39, 0.29) is 0 Å². The van der Waals surface area contributed by atoms with Crippen LogP contribution in [0.4, 0.5) is 10.8 Å². The summed E-state index contributed by atoms with van der Waals surface area (Å²) in [7, 11) is 0. The molecule has 0 spiro atoms. The molecular weight excluding hydrogens is 342 g/mol. The molecule has 1 aromatic heterocycles. The topological polar surface area (TPSA) is 50.9 Å². The average Bonchev–Trinajstić information content (AvgIpc) is 2.88. The largest absolute Gasteiger partial charge is 0.389 e. The number of rotatable bonds is 3. The monoisotopic (exact) mass is 353 g/mol. The van der Waals surface area contributed by atoms with Crippen LogP contribution in [-0.2, 0) is 12.8 Å². The van der Waals surface area contributed by atoms with Crippen LogP contribution >= 0.6 is 39.5 Å². The number of hydrogen-bond acceptors (Lipinski definition) is 4. The lowest BCUT2D eigenvalue weighted by Crippen LogP contribution is -2.12. The van der Waals surface area contributed by atoms with Gasteiger partial charge in [0.15, 0.2) is 5.13 Å². The number of thiocarbonyl (C=S) groups is 1. The molecule has 6 heteroatoms. The molecule has 1 heterocycles. The predicted molar refractivity (Wildman–Crippen MR) is 87.5 cm³/mol. The number of benzene rings is 1. The molecule has 0 unspecified atom stereocenters. The SMILES string of the molecule is NC(=S)c1c(Br)cccc1Nc1nc2c(s1)CCC2. The zero-order valence-electron chi connectivity index (χ0n) is 10.1. The van der Waals surface area contributed by atoms with Crippen molar-refractivity contribution in [2.75, 3.05) is 5.32 Å². The highest BCUT2D eigenvalue weighted by Crippen LogP contribution is 2.34. The van der Waals surface area contributed by atoms with Gasteiger partial charge in [-0.3, -0.25) is 0 Å². The zero-order chi connectivity index (χ0) is 13.4. The van der Waals surface area contributed by atoms with Crippen LogP contribution in [-0.4, -0.2) is 9.97 Å². The van der Waals surface area contributed by atoms with Crippen LogP contribution in [0, 0.1) is 0 Å². The summed E-state index contributed by atoms with van der Waals surface area (Å²) in [6.07, 6.45) is 3.47. The third-order valence-corrected chi connectivity index (χ3v) is 5.04. The number of nitrogens with two attached hydrogens (primary N) is 1. The molecule has 1 aliphatic rings. The molecule has 0 amide bonds. The van der Waals surface area contributed by atoms with Crippen LogP contribution in [0.2, 0.25) is 0 Å². The highest BCUT2D eigenvalue weighted by molar-refractivity contribution is 9.10. The first-order valence-corrected chi connectivity index (χ1v) is 8.01. The first-order valence-electron chi connectivity index (χ1n) is 5.99. The highest BCUT2D eigenvalue weighted by Gasteiger charge is 2.18. The van der Waals surface area contributed by atoms with Crippen LogP contribution in [0.5, 0.6) is 0 Å². The minimum atomic E-state index is 0.374. The van der Waals surface area contributed by atoms with Gasteiger partial charge in [-0.25, -0.2) is 4.98 Å². The molecule has 3 rings (SSSR count). The molecule has 1 aliphatic carbocycles. The number of nitrogens with one attached hydrogen (secondary N) is 1. The molecule has 0 bridgehead atoms. The normalized spacial score (nSPS) is 13.3. The van der Waals surface area contributed by atoms with E-state index in [1.807, 2.05) is 18.2 Å². The fraction of sp³-hybridized carbons (Fsp3) is 0.231. The minimum Gasteiger partial charge on any atom is -0.389 e. The first-order chi connectivity index (χ1) is 9.15. The number of halogens is 1. The molecule has 98 valence electrons. The Kier molecular flexibility index (Phi) is 3.56. The third-order valence-electron chi connectivity index (χ3n) is 3.10. The summed E-state index contributed by atoms with van der Waals surface area (Å²) >= 11 is 10.3. The van der Waals surface area contributed by atoms with E-state index in [2.05, 4.69) is 26.2 Å². The van der Waals surface area contributed by atoms with E-state index in [4.69, 9.17) is 18.0 Å². The lowest BCUT2D eigenvalue weighted by molar-refractivity contribution is 0.900. The Bertz CT molecular complexity index is 630. The number of anilines is 2. The van der Waals surface area contributed by atoms with Gasteiger partial charge in [-0.05, 0) is 47.3 Å². The molecule has 0 atom stereocenters. The van der Waals surface area contributed by atoms with Gasteiger partial charge < -0.3 is 11.1 Å². The molecule has 3 nitrogen and oxygen atoms in total. The quantitative estimate of drug-likeness (QED) is 0.824. The number of hydrogen-bond donors (Lipinski definition) is 2. The molecule has 0 aliphatic heterocycles. The van der Waals surface area contributed by atoms with Gasteiger partial charge >= 0.3 is 0 Å². The van der Waals surface area contributed by atoms with Crippen molar-refractivity contribution in [1.82, 2.24) is 4.98 Å². The maximum absolute atomic E-state index is 5.79. The lowest BCUT2D eigenvalue weighted by Gasteiger charge is -2.10. The summed E-state index contributed by atoms with van der Waals surface area (Å²) in [5, 5.41) is 4.25. The predicted octanol–water partition coefficient (Wildman–Crippen LogP) is 3.77. The van der Waals surface area contributed by atoms with E-state index >= 15 is 0 Å². The van der Waals surface area contributed by atoms with E-state index in [0.717, 1.165) is 33.7 Å². The smallest absolute Gasteiger partial charge is 0.187 e. The van der Waals surface area contributed by atoms with Crippen LogP contribution in [0.25, 0.3) is 0 Å². The summed E-state index contributed by atoms with van der Waals surface area (Å²) in [5.41, 5.74) is 8.75. The number of aromatic nitrogens is 1. The van der Waals surface area contributed by atoms with Crippen molar-refractivity contribution in [3.63, 3.8) is 0 Å². The van der Waals surface area contributed by atoms with Crippen LogP contribution in [0.15, 0.2) is 22.7 Å². The lowest BCUT2D eigenvalue weighted by atomic mass is 10.2. The number of thiazole rings is 1. The van der Waals surface area contributed by atoms with E-state index in [9.17, 15) is 0 Å². The Labute approximate surface area is 129 Å². The molecule has 0 fully saturated rings. The first kappa shape index (κ1) is 13.0. The number of nitrogens with zero attached hydrogens (tertiary/aromatic N) is 1. The number of fused-ring (bicyclic) bond motifs is 1. The van der Waals surface area contributed by atoms with E-state index < -0.39 is 0 Å². The zero-order valence-corrected chi connectivity index (χ0v) is 13.3. The van der Waals surface area contributed by atoms with E-state index in [1.54, 1.807) is 11.3 Å². The van der Waals surface area contributed by atoms with Crippen molar-refractivity contribution in [2.45, 2.75) is 19.3 Å². The summed E-state index contributed by atoms with van der Waals surface area (Å²) in [5.74, 6) is 0. The second kappa shape index (κ2) is 5.19. The summed E-state index contributed by atoms with van der Waals surface area (Å²) in [6.45, 7) is 0. The van der Waals surface area contributed by atoms with Gasteiger partial charge in [-0.1, -0.05) is 18.3 Å². The molecule has 3 N–H and O–H groups in total. The van der Waals surface area contributed by atoms with Crippen molar-refractivity contribution >= 4 is 55.3 Å². The maximum atomic E-state index is 5.79. The Balaban J connectivity index is 1.94. The molecule has 1 aromatic carbocycles.